The minimum atomic E-state index is -0.236. The van der Waals surface area contributed by atoms with Gasteiger partial charge in [-0.1, -0.05) is 42.5 Å². The van der Waals surface area contributed by atoms with E-state index in [1.54, 1.807) is 18.3 Å². The molecule has 0 atom stereocenters. The standard InChI is InChI=1S/C26H29FN6/c1-18-6-2-4-8-21(18)24-31-23-17-30-26(29-16-20-7-3-5-9-22(20)27)32-25(23)33(24)15-12-19-10-13-28-14-11-19/h2-9,17,19,28H,10-16H2,1H3,(H,29,30,32). The number of aromatic nitrogens is 4. The molecule has 1 aliphatic heterocycles. The number of halogens is 1. The summed E-state index contributed by atoms with van der Waals surface area (Å²) in [5.74, 6) is 1.87. The maximum absolute atomic E-state index is 14.0. The average Bonchev–Trinajstić information content (AvgIpc) is 3.20. The normalized spacial score (nSPS) is 14.6. The van der Waals surface area contributed by atoms with Crippen molar-refractivity contribution in [2.24, 2.45) is 5.92 Å². The third kappa shape index (κ3) is 4.73. The van der Waals surface area contributed by atoms with E-state index in [-0.39, 0.29) is 5.82 Å². The minimum Gasteiger partial charge on any atom is -0.350 e. The summed E-state index contributed by atoms with van der Waals surface area (Å²) in [5, 5.41) is 6.62. The van der Waals surface area contributed by atoms with Gasteiger partial charge in [0.1, 0.15) is 17.2 Å². The summed E-state index contributed by atoms with van der Waals surface area (Å²) in [5.41, 5.74) is 4.47. The van der Waals surface area contributed by atoms with E-state index in [1.165, 1.54) is 24.5 Å². The molecule has 33 heavy (non-hydrogen) atoms. The number of anilines is 1. The largest absolute Gasteiger partial charge is 0.350 e. The van der Waals surface area contributed by atoms with Gasteiger partial charge in [0.05, 0.1) is 6.20 Å². The summed E-state index contributed by atoms with van der Waals surface area (Å²) in [6.45, 7) is 5.47. The number of hydrogen-bond acceptors (Lipinski definition) is 5. The molecule has 1 saturated heterocycles. The molecule has 0 unspecified atom stereocenters. The van der Waals surface area contributed by atoms with Crippen LogP contribution in [-0.2, 0) is 13.1 Å². The van der Waals surface area contributed by atoms with Gasteiger partial charge >= 0.3 is 0 Å². The molecule has 0 saturated carbocycles. The molecule has 1 fully saturated rings. The highest BCUT2D eigenvalue weighted by atomic mass is 19.1. The van der Waals surface area contributed by atoms with E-state index >= 15 is 0 Å². The maximum atomic E-state index is 14.0. The van der Waals surface area contributed by atoms with Gasteiger partial charge in [-0.05, 0) is 56.8 Å². The Morgan fingerprint density at radius 2 is 1.85 bits per heavy atom. The van der Waals surface area contributed by atoms with Crippen LogP contribution in [0.2, 0.25) is 0 Å². The first-order chi connectivity index (χ1) is 16.2. The number of rotatable bonds is 7. The van der Waals surface area contributed by atoms with E-state index in [1.807, 2.05) is 18.2 Å². The Hall–Kier alpha value is -3.32. The van der Waals surface area contributed by atoms with Crippen molar-refractivity contribution >= 4 is 17.1 Å². The van der Waals surface area contributed by atoms with Gasteiger partial charge in [-0.2, -0.15) is 4.98 Å². The van der Waals surface area contributed by atoms with Gasteiger partial charge in [-0.25, -0.2) is 14.4 Å². The van der Waals surface area contributed by atoms with E-state index in [4.69, 9.17) is 9.97 Å². The van der Waals surface area contributed by atoms with E-state index in [0.29, 0.717) is 24.0 Å². The molecule has 2 aromatic carbocycles. The maximum Gasteiger partial charge on any atom is 0.225 e. The van der Waals surface area contributed by atoms with Crippen molar-refractivity contribution in [3.63, 3.8) is 0 Å². The Morgan fingerprint density at radius 1 is 1.06 bits per heavy atom. The zero-order valence-corrected chi connectivity index (χ0v) is 18.9. The smallest absolute Gasteiger partial charge is 0.225 e. The fourth-order valence-corrected chi connectivity index (χ4v) is 4.54. The Labute approximate surface area is 193 Å². The number of aryl methyl sites for hydroxylation is 2. The van der Waals surface area contributed by atoms with Gasteiger partial charge in [0.25, 0.3) is 0 Å². The highest BCUT2D eigenvalue weighted by molar-refractivity contribution is 5.78. The molecule has 0 bridgehead atoms. The summed E-state index contributed by atoms with van der Waals surface area (Å²) in [6.07, 6.45) is 5.26. The number of hydrogen-bond donors (Lipinski definition) is 2. The van der Waals surface area contributed by atoms with E-state index in [0.717, 1.165) is 48.6 Å². The quantitative estimate of drug-likeness (QED) is 0.423. The second-order valence-corrected chi connectivity index (χ2v) is 8.73. The predicted molar refractivity (Wildman–Crippen MR) is 129 cm³/mol. The molecule has 3 heterocycles. The van der Waals surface area contributed by atoms with Crippen molar-refractivity contribution in [2.45, 2.75) is 39.3 Å². The van der Waals surface area contributed by atoms with Gasteiger partial charge in [0.15, 0.2) is 5.65 Å². The van der Waals surface area contributed by atoms with Crippen LogP contribution in [0.15, 0.2) is 54.7 Å². The Kier molecular flexibility index (Phi) is 6.30. The van der Waals surface area contributed by atoms with Crippen molar-refractivity contribution in [1.29, 1.82) is 0 Å². The van der Waals surface area contributed by atoms with Gasteiger partial charge in [-0.15, -0.1) is 0 Å². The van der Waals surface area contributed by atoms with Crippen molar-refractivity contribution in [2.75, 3.05) is 18.4 Å². The highest BCUT2D eigenvalue weighted by Gasteiger charge is 2.19. The fourth-order valence-electron chi connectivity index (χ4n) is 4.54. The molecular formula is C26H29FN6. The SMILES string of the molecule is Cc1ccccc1-c1nc2cnc(NCc3ccccc3F)nc2n1CCC1CCNCC1. The number of fused-ring (bicyclic) bond motifs is 1. The van der Waals surface area contributed by atoms with Crippen LogP contribution in [0.1, 0.15) is 30.4 Å². The van der Waals surface area contributed by atoms with Gasteiger partial charge in [-0.3, -0.25) is 0 Å². The molecule has 2 aromatic heterocycles. The molecular weight excluding hydrogens is 415 g/mol. The lowest BCUT2D eigenvalue weighted by Gasteiger charge is -2.23. The summed E-state index contributed by atoms with van der Waals surface area (Å²) in [7, 11) is 0. The molecule has 0 aliphatic carbocycles. The lowest BCUT2D eigenvalue weighted by atomic mass is 9.94. The summed E-state index contributed by atoms with van der Waals surface area (Å²) in [6, 6.07) is 15.1. The molecule has 0 spiro atoms. The Balaban J connectivity index is 1.48. The third-order valence-electron chi connectivity index (χ3n) is 6.49. The lowest BCUT2D eigenvalue weighted by Crippen LogP contribution is -2.28. The monoisotopic (exact) mass is 444 g/mol. The number of imidazole rings is 1. The van der Waals surface area contributed by atoms with Gasteiger partial charge < -0.3 is 15.2 Å². The summed E-state index contributed by atoms with van der Waals surface area (Å²) in [4.78, 5) is 14.2. The minimum absolute atomic E-state index is 0.236. The predicted octanol–water partition coefficient (Wildman–Crippen LogP) is 4.94. The first-order valence-corrected chi connectivity index (χ1v) is 11.7. The van der Waals surface area contributed by atoms with Crippen LogP contribution in [0, 0.1) is 18.7 Å². The van der Waals surface area contributed by atoms with E-state index in [9.17, 15) is 4.39 Å². The average molecular weight is 445 g/mol. The second-order valence-electron chi connectivity index (χ2n) is 8.73. The molecule has 4 aromatic rings. The van der Waals surface area contributed by atoms with Gasteiger partial charge in [0.2, 0.25) is 5.95 Å². The molecule has 5 rings (SSSR count). The molecule has 1 aliphatic rings. The van der Waals surface area contributed by atoms with Crippen molar-refractivity contribution in [3.8, 4) is 11.4 Å². The first kappa shape index (κ1) is 21.5. The zero-order chi connectivity index (χ0) is 22.6. The molecule has 7 heteroatoms. The van der Waals surface area contributed by atoms with Crippen LogP contribution in [0.3, 0.4) is 0 Å². The number of piperidine rings is 1. The van der Waals surface area contributed by atoms with Crippen LogP contribution < -0.4 is 10.6 Å². The highest BCUT2D eigenvalue weighted by Crippen LogP contribution is 2.28. The first-order valence-electron chi connectivity index (χ1n) is 11.7. The topological polar surface area (TPSA) is 67.7 Å². The van der Waals surface area contributed by atoms with Crippen LogP contribution in [0.4, 0.5) is 10.3 Å². The van der Waals surface area contributed by atoms with Crippen LogP contribution in [0.25, 0.3) is 22.6 Å². The molecule has 0 radical (unpaired) electrons. The Bertz CT molecular complexity index is 1240. The van der Waals surface area contributed by atoms with Crippen molar-refractivity contribution in [1.82, 2.24) is 24.8 Å². The molecule has 0 amide bonds. The zero-order valence-electron chi connectivity index (χ0n) is 18.9. The molecule has 170 valence electrons. The third-order valence-corrected chi connectivity index (χ3v) is 6.49. The lowest BCUT2D eigenvalue weighted by molar-refractivity contribution is 0.339. The number of nitrogens with one attached hydrogen (secondary N) is 2. The van der Waals surface area contributed by atoms with E-state index < -0.39 is 0 Å². The fraction of sp³-hybridized carbons (Fsp3) is 0.346. The molecule has 2 N–H and O–H groups in total. The van der Waals surface area contributed by atoms with E-state index in [2.05, 4.69) is 39.2 Å². The van der Waals surface area contributed by atoms with Crippen molar-refractivity contribution in [3.05, 3.63) is 71.7 Å². The summed E-state index contributed by atoms with van der Waals surface area (Å²) >= 11 is 0. The van der Waals surface area contributed by atoms with Crippen LogP contribution >= 0.6 is 0 Å². The number of nitrogens with zero attached hydrogens (tertiary/aromatic N) is 4. The van der Waals surface area contributed by atoms with Crippen LogP contribution in [0.5, 0.6) is 0 Å². The summed E-state index contributed by atoms with van der Waals surface area (Å²) < 4.78 is 16.2. The van der Waals surface area contributed by atoms with Crippen LogP contribution in [-0.4, -0.2) is 32.6 Å². The van der Waals surface area contributed by atoms with Crippen molar-refractivity contribution < 1.29 is 4.39 Å². The molecule has 6 nitrogen and oxygen atoms in total. The second kappa shape index (κ2) is 9.67. The number of benzene rings is 2. The van der Waals surface area contributed by atoms with Gasteiger partial charge in [0, 0.05) is 24.2 Å². The Morgan fingerprint density at radius 3 is 2.67 bits per heavy atom.